The van der Waals surface area contributed by atoms with Crippen LogP contribution in [0, 0.1) is 0 Å². The molecule has 7 nitrogen and oxygen atoms in total. The lowest BCUT2D eigenvalue weighted by Crippen LogP contribution is -2.45. The van der Waals surface area contributed by atoms with E-state index < -0.39 is 18.0 Å². The number of hydrogen-bond acceptors (Lipinski definition) is 5. The molecule has 1 aromatic heterocycles. The van der Waals surface area contributed by atoms with E-state index >= 15 is 0 Å². The zero-order valence-electron chi connectivity index (χ0n) is 16.0. The van der Waals surface area contributed by atoms with E-state index in [0.717, 1.165) is 44.2 Å². The van der Waals surface area contributed by atoms with Gasteiger partial charge in [0, 0.05) is 18.2 Å². The van der Waals surface area contributed by atoms with E-state index in [1.165, 1.54) is 28.5 Å². The molecule has 148 valence electrons. The molecule has 2 N–H and O–H groups in total. The maximum Gasteiger partial charge on any atom is 0.329 e. The fourth-order valence-corrected chi connectivity index (χ4v) is 4.26. The van der Waals surface area contributed by atoms with E-state index in [1.54, 1.807) is 13.0 Å². The Morgan fingerprint density at radius 3 is 2.50 bits per heavy atom. The summed E-state index contributed by atoms with van der Waals surface area (Å²) in [7, 11) is 0. The lowest BCUT2D eigenvalue weighted by molar-refractivity contribution is -0.145. The highest BCUT2D eigenvalue weighted by Gasteiger charge is 2.27. The number of amides is 2. The van der Waals surface area contributed by atoms with Crippen LogP contribution in [0.25, 0.3) is 0 Å². The molecule has 2 aliphatic carbocycles. The average Bonchev–Trinajstić information content (AvgIpc) is 3.42. The maximum absolute atomic E-state index is 12.8. The Kier molecular flexibility index (Phi) is 5.32. The van der Waals surface area contributed by atoms with Crippen molar-refractivity contribution in [2.75, 3.05) is 11.9 Å². The molecule has 1 unspecified atom stereocenters. The second kappa shape index (κ2) is 8.04. The van der Waals surface area contributed by atoms with Gasteiger partial charge in [-0.1, -0.05) is 11.2 Å². The molecule has 0 fully saturated rings. The van der Waals surface area contributed by atoms with Crippen molar-refractivity contribution in [3.05, 3.63) is 46.3 Å². The molecule has 1 aromatic carbocycles. The molecule has 0 spiro atoms. The number of urea groups is 1. The number of carbonyl (C=O) groups is 2. The number of carbonyl (C=O) groups excluding carboxylic acids is 2. The van der Waals surface area contributed by atoms with Crippen molar-refractivity contribution in [3.63, 3.8) is 0 Å². The molecule has 0 saturated heterocycles. The molecule has 7 heteroatoms. The van der Waals surface area contributed by atoms with Crippen LogP contribution in [0.1, 0.15) is 47.7 Å². The van der Waals surface area contributed by atoms with E-state index in [4.69, 9.17) is 9.26 Å². The summed E-state index contributed by atoms with van der Waals surface area (Å²) in [5.74, 6) is -0.482. The van der Waals surface area contributed by atoms with Gasteiger partial charge >= 0.3 is 12.0 Å². The summed E-state index contributed by atoms with van der Waals surface area (Å²) in [5.41, 5.74) is 6.73. The molecular formula is C21H25N3O4. The molecule has 1 atom stereocenters. The number of anilines is 1. The third-order valence-electron chi connectivity index (χ3n) is 5.49. The number of aromatic nitrogens is 1. The smallest absolute Gasteiger partial charge is 0.329 e. The third-order valence-corrected chi connectivity index (χ3v) is 5.49. The molecule has 2 amide bonds. The van der Waals surface area contributed by atoms with Gasteiger partial charge in [0.05, 0.1) is 12.3 Å². The maximum atomic E-state index is 12.8. The van der Waals surface area contributed by atoms with E-state index in [0.29, 0.717) is 5.69 Å². The van der Waals surface area contributed by atoms with Crippen molar-refractivity contribution in [2.24, 2.45) is 0 Å². The van der Waals surface area contributed by atoms with Crippen molar-refractivity contribution >= 4 is 17.7 Å². The number of fused-ring (bicyclic) bond motifs is 2. The highest BCUT2D eigenvalue weighted by molar-refractivity contribution is 5.94. The number of nitrogens with one attached hydrogen (secondary N) is 2. The van der Waals surface area contributed by atoms with Crippen LogP contribution in [0.3, 0.4) is 0 Å². The first kappa shape index (κ1) is 18.5. The van der Waals surface area contributed by atoms with Gasteiger partial charge in [-0.25, -0.2) is 9.59 Å². The molecule has 0 bridgehead atoms. The Labute approximate surface area is 163 Å². The van der Waals surface area contributed by atoms with Crippen LogP contribution >= 0.6 is 0 Å². The fourth-order valence-electron chi connectivity index (χ4n) is 4.26. The average molecular weight is 383 g/mol. The third kappa shape index (κ3) is 3.74. The summed E-state index contributed by atoms with van der Waals surface area (Å²) < 4.78 is 9.94. The van der Waals surface area contributed by atoms with Gasteiger partial charge < -0.3 is 19.9 Å². The summed E-state index contributed by atoms with van der Waals surface area (Å²) in [6.45, 7) is 1.98. The van der Waals surface area contributed by atoms with Gasteiger partial charge in [0.1, 0.15) is 12.3 Å². The molecule has 0 aliphatic heterocycles. The Hall–Kier alpha value is -2.83. The second-order valence-electron chi connectivity index (χ2n) is 7.33. The van der Waals surface area contributed by atoms with Crippen molar-refractivity contribution in [3.8, 4) is 0 Å². The first-order valence-corrected chi connectivity index (χ1v) is 9.95. The van der Waals surface area contributed by atoms with Gasteiger partial charge in [0.15, 0.2) is 0 Å². The molecule has 28 heavy (non-hydrogen) atoms. The van der Waals surface area contributed by atoms with E-state index in [2.05, 4.69) is 21.9 Å². The van der Waals surface area contributed by atoms with Crippen LogP contribution in [-0.4, -0.2) is 29.8 Å². The van der Waals surface area contributed by atoms with Gasteiger partial charge in [-0.3, -0.25) is 0 Å². The number of esters is 1. The number of rotatable bonds is 6. The van der Waals surface area contributed by atoms with Crippen LogP contribution in [0.2, 0.25) is 0 Å². The second-order valence-corrected chi connectivity index (χ2v) is 7.33. The van der Waals surface area contributed by atoms with E-state index in [9.17, 15) is 9.59 Å². The molecular weight excluding hydrogens is 358 g/mol. The Morgan fingerprint density at radius 2 is 1.89 bits per heavy atom. The number of aryl methyl sites for hydroxylation is 2. The van der Waals surface area contributed by atoms with Gasteiger partial charge in [-0.05, 0) is 67.7 Å². The molecule has 2 aliphatic rings. The summed E-state index contributed by atoms with van der Waals surface area (Å²) in [4.78, 5) is 25.1. The monoisotopic (exact) mass is 383 g/mol. The Morgan fingerprint density at radius 1 is 1.18 bits per heavy atom. The van der Waals surface area contributed by atoms with Crippen LogP contribution in [0.5, 0.6) is 0 Å². The minimum atomic E-state index is -0.824. The molecule has 4 rings (SSSR count). The zero-order valence-corrected chi connectivity index (χ0v) is 16.0. The fraction of sp³-hybridized carbons (Fsp3) is 0.476. The summed E-state index contributed by atoms with van der Waals surface area (Å²) in [6.07, 6.45) is 7.99. The summed E-state index contributed by atoms with van der Waals surface area (Å²) >= 11 is 0. The minimum absolute atomic E-state index is 0.216. The van der Waals surface area contributed by atoms with E-state index in [1.807, 2.05) is 0 Å². The normalized spacial score (nSPS) is 15.6. The Balaban J connectivity index is 1.52. The predicted molar refractivity (Wildman–Crippen MR) is 103 cm³/mol. The summed E-state index contributed by atoms with van der Waals surface area (Å²) in [5, 5.41) is 9.64. The first-order valence-electron chi connectivity index (χ1n) is 9.95. The first-order chi connectivity index (χ1) is 13.7. The minimum Gasteiger partial charge on any atom is -0.464 e. The topological polar surface area (TPSA) is 93.5 Å². The largest absolute Gasteiger partial charge is 0.464 e. The number of ether oxygens (including phenoxy) is 1. The van der Waals surface area contributed by atoms with Gasteiger partial charge in [-0.15, -0.1) is 0 Å². The van der Waals surface area contributed by atoms with Crippen LogP contribution in [0.15, 0.2) is 22.9 Å². The molecule has 0 radical (unpaired) electrons. The predicted octanol–water partition coefficient (Wildman–Crippen LogP) is 2.95. The van der Waals surface area contributed by atoms with Crippen molar-refractivity contribution < 1.29 is 18.8 Å². The van der Waals surface area contributed by atoms with Crippen LogP contribution in [0.4, 0.5) is 10.5 Å². The highest BCUT2D eigenvalue weighted by atomic mass is 16.5. The molecule has 1 heterocycles. The van der Waals surface area contributed by atoms with Crippen molar-refractivity contribution in [1.29, 1.82) is 0 Å². The van der Waals surface area contributed by atoms with Crippen LogP contribution < -0.4 is 10.6 Å². The lowest BCUT2D eigenvalue weighted by atomic mass is 9.99. The number of hydrogen-bond donors (Lipinski definition) is 2. The highest BCUT2D eigenvalue weighted by Crippen LogP contribution is 2.38. The van der Waals surface area contributed by atoms with E-state index in [-0.39, 0.29) is 13.0 Å². The zero-order chi connectivity index (χ0) is 19.5. The quantitative estimate of drug-likeness (QED) is 0.748. The standard InChI is InChI=1S/C21H25N3O4/c1-2-27-20(25)18(12-15-9-10-28-24-15)22-21(26)23-19-16-7-3-5-13(16)11-14-6-4-8-17(14)19/h9-11,18H,2-8,12H2,1H3,(H2,22,23,26). The summed E-state index contributed by atoms with van der Waals surface area (Å²) in [6, 6.07) is 2.77. The molecule has 0 saturated carbocycles. The van der Waals surface area contributed by atoms with Crippen LogP contribution in [-0.2, 0) is 41.6 Å². The van der Waals surface area contributed by atoms with Crippen molar-refractivity contribution in [2.45, 2.75) is 57.9 Å². The van der Waals surface area contributed by atoms with Gasteiger partial charge in [0.25, 0.3) is 0 Å². The SMILES string of the molecule is CCOC(=O)C(Cc1ccon1)NC(=O)Nc1c2c(cc3c1CCC3)CCC2. The number of nitrogens with zero attached hydrogens (tertiary/aromatic N) is 1. The van der Waals surface area contributed by atoms with Gasteiger partial charge in [-0.2, -0.15) is 0 Å². The van der Waals surface area contributed by atoms with Crippen molar-refractivity contribution in [1.82, 2.24) is 10.5 Å². The lowest BCUT2D eigenvalue weighted by Gasteiger charge is -2.19. The molecule has 2 aromatic rings. The Bertz CT molecular complexity index is 844. The van der Waals surface area contributed by atoms with Gasteiger partial charge in [0.2, 0.25) is 0 Å². The number of benzene rings is 1.